The number of carbonyl (C=O) groups is 2. The van der Waals surface area contributed by atoms with Gasteiger partial charge in [-0.05, 0) is 42.8 Å². The number of ether oxygens (including phenoxy) is 1. The molecule has 0 aliphatic rings. The topological polar surface area (TPSA) is 67.4 Å². The van der Waals surface area contributed by atoms with Gasteiger partial charge in [-0.2, -0.15) is 13.2 Å². The molecule has 0 saturated heterocycles. The second-order valence-electron chi connectivity index (χ2n) is 8.30. The summed E-state index contributed by atoms with van der Waals surface area (Å²) in [5, 5.41) is 5.28. The molecule has 8 heteroatoms. The van der Waals surface area contributed by atoms with Gasteiger partial charge in [0.2, 0.25) is 5.91 Å². The van der Waals surface area contributed by atoms with E-state index < -0.39 is 17.6 Å². The summed E-state index contributed by atoms with van der Waals surface area (Å²) in [5.41, 5.74) is 0.988. The Labute approximate surface area is 219 Å². The lowest BCUT2D eigenvalue weighted by atomic mass is 10.1. The van der Waals surface area contributed by atoms with Crippen LogP contribution in [0.25, 0.3) is 11.5 Å². The third-order valence-corrected chi connectivity index (χ3v) is 5.52. The minimum Gasteiger partial charge on any atom is -0.456 e. The number of nitrogens with one attached hydrogen (secondary N) is 2. The molecule has 38 heavy (non-hydrogen) atoms. The van der Waals surface area contributed by atoms with Crippen molar-refractivity contribution in [2.24, 2.45) is 0 Å². The standard InChI is InChI=1S/C30H27F3N2O3/c1-4-10-27(36)35-25-17-15-23(16-18-25)28(38-21(3)22-11-6-5-7-12-22)20(2)29(37)34-19-24-13-8-9-14-26(24)30(31,32)33/h4-9,11-18H,1,3,10,19H2,2H3,(H,34,37)(H,35,36)/b28-20+. The Morgan fingerprint density at radius 2 is 1.55 bits per heavy atom. The van der Waals surface area contributed by atoms with E-state index >= 15 is 0 Å². The van der Waals surface area contributed by atoms with Gasteiger partial charge in [0, 0.05) is 29.8 Å². The van der Waals surface area contributed by atoms with Crippen LogP contribution in [0, 0.1) is 0 Å². The first-order valence-electron chi connectivity index (χ1n) is 11.7. The van der Waals surface area contributed by atoms with Crippen molar-refractivity contribution < 1.29 is 27.5 Å². The van der Waals surface area contributed by atoms with Crippen molar-refractivity contribution in [1.82, 2.24) is 5.32 Å². The largest absolute Gasteiger partial charge is 0.456 e. The van der Waals surface area contributed by atoms with Gasteiger partial charge in [0.05, 0.1) is 11.1 Å². The minimum absolute atomic E-state index is 0.0584. The van der Waals surface area contributed by atoms with Crippen LogP contribution in [-0.4, -0.2) is 11.8 Å². The molecule has 0 atom stereocenters. The smallest absolute Gasteiger partial charge is 0.416 e. The fourth-order valence-electron chi connectivity index (χ4n) is 3.57. The minimum atomic E-state index is -4.54. The van der Waals surface area contributed by atoms with E-state index in [1.165, 1.54) is 31.2 Å². The summed E-state index contributed by atoms with van der Waals surface area (Å²) in [6, 6.07) is 20.7. The van der Waals surface area contributed by atoms with Crippen molar-refractivity contribution in [3.63, 3.8) is 0 Å². The summed E-state index contributed by atoms with van der Waals surface area (Å²) < 4.78 is 46.1. The molecule has 2 amide bonds. The lowest BCUT2D eigenvalue weighted by Gasteiger charge is -2.17. The average Bonchev–Trinajstić information content (AvgIpc) is 2.90. The number of anilines is 1. The van der Waals surface area contributed by atoms with Crippen molar-refractivity contribution >= 4 is 29.0 Å². The van der Waals surface area contributed by atoms with Crippen molar-refractivity contribution in [2.45, 2.75) is 26.1 Å². The molecule has 0 unspecified atom stereocenters. The van der Waals surface area contributed by atoms with Gasteiger partial charge in [0.25, 0.3) is 5.91 Å². The fourth-order valence-corrected chi connectivity index (χ4v) is 3.57. The van der Waals surface area contributed by atoms with Gasteiger partial charge >= 0.3 is 6.18 Å². The summed E-state index contributed by atoms with van der Waals surface area (Å²) in [5.74, 6) is -0.393. The fraction of sp³-hybridized carbons (Fsp3) is 0.133. The van der Waals surface area contributed by atoms with E-state index in [9.17, 15) is 22.8 Å². The first-order valence-corrected chi connectivity index (χ1v) is 11.7. The van der Waals surface area contributed by atoms with E-state index in [4.69, 9.17) is 4.74 Å². The second kappa shape index (κ2) is 12.6. The molecule has 0 saturated carbocycles. The van der Waals surface area contributed by atoms with Crippen LogP contribution in [0.1, 0.15) is 35.6 Å². The van der Waals surface area contributed by atoms with Gasteiger partial charge in [-0.3, -0.25) is 9.59 Å². The molecule has 3 aromatic carbocycles. The molecular formula is C30H27F3N2O3. The first kappa shape index (κ1) is 28.0. The molecule has 3 aromatic rings. The van der Waals surface area contributed by atoms with Crippen LogP contribution in [0.2, 0.25) is 0 Å². The van der Waals surface area contributed by atoms with Gasteiger partial charge in [-0.1, -0.05) is 61.2 Å². The average molecular weight is 521 g/mol. The quantitative estimate of drug-likeness (QED) is 0.173. The second-order valence-corrected chi connectivity index (χ2v) is 8.30. The van der Waals surface area contributed by atoms with Crippen LogP contribution in [0.5, 0.6) is 0 Å². The van der Waals surface area contributed by atoms with E-state index in [0.717, 1.165) is 6.07 Å². The Morgan fingerprint density at radius 3 is 2.18 bits per heavy atom. The van der Waals surface area contributed by atoms with Gasteiger partial charge in [0.1, 0.15) is 11.5 Å². The first-order chi connectivity index (χ1) is 18.1. The van der Waals surface area contributed by atoms with Crippen LogP contribution < -0.4 is 10.6 Å². The number of alkyl halides is 3. The summed E-state index contributed by atoms with van der Waals surface area (Å²) in [6.45, 7) is 8.68. The predicted octanol–water partition coefficient (Wildman–Crippen LogP) is 6.95. The van der Waals surface area contributed by atoms with Crippen LogP contribution in [0.4, 0.5) is 18.9 Å². The van der Waals surface area contributed by atoms with Crippen LogP contribution >= 0.6 is 0 Å². The highest BCUT2D eigenvalue weighted by Gasteiger charge is 2.33. The number of rotatable bonds is 10. The lowest BCUT2D eigenvalue weighted by Crippen LogP contribution is -2.26. The number of amides is 2. The summed E-state index contributed by atoms with van der Waals surface area (Å²) >= 11 is 0. The van der Waals surface area contributed by atoms with Gasteiger partial charge in [0.15, 0.2) is 0 Å². The van der Waals surface area contributed by atoms with Gasteiger partial charge in [-0.15, -0.1) is 6.58 Å². The van der Waals surface area contributed by atoms with E-state index in [0.29, 0.717) is 16.8 Å². The molecule has 3 rings (SSSR count). The van der Waals surface area contributed by atoms with Crippen LogP contribution in [0.15, 0.2) is 104 Å². The molecule has 196 valence electrons. The molecule has 0 aliphatic carbocycles. The Kier molecular flexibility index (Phi) is 9.27. The molecule has 0 aliphatic heterocycles. The van der Waals surface area contributed by atoms with Crippen LogP contribution in [0.3, 0.4) is 0 Å². The Balaban J connectivity index is 1.90. The maximum atomic E-state index is 13.4. The molecule has 0 aromatic heterocycles. The number of hydrogen-bond acceptors (Lipinski definition) is 3. The van der Waals surface area contributed by atoms with Gasteiger partial charge in [-0.25, -0.2) is 0 Å². The molecule has 5 nitrogen and oxygen atoms in total. The molecule has 2 N–H and O–H groups in total. The lowest BCUT2D eigenvalue weighted by molar-refractivity contribution is -0.138. The Morgan fingerprint density at radius 1 is 0.921 bits per heavy atom. The molecule has 0 spiro atoms. The highest BCUT2D eigenvalue weighted by Crippen LogP contribution is 2.32. The van der Waals surface area contributed by atoms with E-state index in [1.54, 1.807) is 36.4 Å². The third-order valence-electron chi connectivity index (χ3n) is 5.52. The SMILES string of the molecule is C=CCC(=O)Nc1ccc(/C(OC(=C)c2ccccc2)=C(/C)C(=O)NCc2ccccc2C(F)(F)F)cc1. The molecule has 0 fully saturated rings. The van der Waals surface area contributed by atoms with Crippen LogP contribution in [-0.2, 0) is 27.0 Å². The maximum absolute atomic E-state index is 13.4. The zero-order chi connectivity index (χ0) is 27.7. The normalized spacial score (nSPS) is 11.7. The third kappa shape index (κ3) is 7.46. The highest BCUT2D eigenvalue weighted by molar-refractivity contribution is 6.00. The van der Waals surface area contributed by atoms with Crippen molar-refractivity contribution in [2.75, 3.05) is 5.32 Å². The number of carbonyl (C=O) groups excluding carboxylic acids is 2. The molecule has 0 radical (unpaired) electrons. The van der Waals surface area contributed by atoms with Crippen molar-refractivity contribution in [3.8, 4) is 0 Å². The summed E-state index contributed by atoms with van der Waals surface area (Å²) in [6.07, 6.45) is -2.90. The summed E-state index contributed by atoms with van der Waals surface area (Å²) in [7, 11) is 0. The molecular weight excluding hydrogens is 493 g/mol. The molecule has 0 bridgehead atoms. The zero-order valence-electron chi connectivity index (χ0n) is 20.8. The monoisotopic (exact) mass is 520 g/mol. The van der Waals surface area contributed by atoms with Gasteiger partial charge < -0.3 is 15.4 Å². The Hall–Kier alpha value is -4.59. The highest BCUT2D eigenvalue weighted by atomic mass is 19.4. The van der Waals surface area contributed by atoms with E-state index in [2.05, 4.69) is 23.8 Å². The number of benzene rings is 3. The van der Waals surface area contributed by atoms with E-state index in [-0.39, 0.29) is 41.5 Å². The van der Waals surface area contributed by atoms with Crippen molar-refractivity contribution in [3.05, 3.63) is 126 Å². The molecule has 0 heterocycles. The number of hydrogen-bond donors (Lipinski definition) is 2. The van der Waals surface area contributed by atoms with Crippen molar-refractivity contribution in [1.29, 1.82) is 0 Å². The summed E-state index contributed by atoms with van der Waals surface area (Å²) in [4.78, 5) is 24.9. The number of halogens is 3. The Bertz CT molecular complexity index is 1350. The predicted molar refractivity (Wildman–Crippen MR) is 142 cm³/mol. The van der Waals surface area contributed by atoms with E-state index in [1.807, 2.05) is 18.2 Å². The maximum Gasteiger partial charge on any atom is 0.416 e. The zero-order valence-corrected chi connectivity index (χ0v) is 20.8.